The number of aliphatic hydroxyl groups excluding tert-OH is 3. The summed E-state index contributed by atoms with van der Waals surface area (Å²) < 4.78 is -0.167. The Kier molecular flexibility index (Phi) is 5.62. The molecule has 0 aliphatic rings. The van der Waals surface area contributed by atoms with E-state index in [1.807, 2.05) is 0 Å². The lowest BCUT2D eigenvalue weighted by atomic mass is 10.3. The highest BCUT2D eigenvalue weighted by Crippen LogP contribution is 2.16. The largest absolute Gasteiger partial charge is 1.00 e. The Hall–Kier alpha value is -0.230. The first-order valence-corrected chi connectivity index (χ1v) is 3.73. The number of aliphatic hydroxyl groups is 3. The van der Waals surface area contributed by atoms with Gasteiger partial charge in [-0.2, -0.15) is 0 Å². The molecule has 0 aliphatic heterocycles. The van der Waals surface area contributed by atoms with E-state index >= 15 is 0 Å². The number of halogens is 1. The molecule has 0 heterocycles. The molecular formula is C7H18FNO3. The third kappa shape index (κ3) is 2.38. The maximum atomic E-state index is 9.26. The van der Waals surface area contributed by atoms with Gasteiger partial charge >= 0.3 is 0 Å². The summed E-state index contributed by atoms with van der Waals surface area (Å²) >= 11 is 0. The Morgan fingerprint density at radius 3 is 1.00 bits per heavy atom. The van der Waals surface area contributed by atoms with Crippen LogP contribution in [0.3, 0.4) is 0 Å². The molecule has 12 heavy (non-hydrogen) atoms. The van der Waals surface area contributed by atoms with Crippen LogP contribution in [-0.4, -0.2) is 45.5 Å². The maximum absolute atomic E-state index is 9.26. The van der Waals surface area contributed by atoms with Crippen molar-refractivity contribution < 1.29 is 24.5 Å². The molecular weight excluding hydrogens is 165 g/mol. The number of hydrogen-bond donors (Lipinski definition) is 3. The van der Waals surface area contributed by atoms with Gasteiger partial charge in [0.1, 0.15) is 0 Å². The highest BCUT2D eigenvalue weighted by molar-refractivity contribution is 4.40. The SMILES string of the molecule is CC(O)[N+](C)(C(C)O)C(C)O.[F-]. The lowest BCUT2D eigenvalue weighted by molar-refractivity contribution is -1.03. The lowest BCUT2D eigenvalue weighted by Crippen LogP contribution is -3.00. The quantitative estimate of drug-likeness (QED) is 0.314. The minimum Gasteiger partial charge on any atom is -1.00 e. The van der Waals surface area contributed by atoms with E-state index in [1.165, 1.54) is 0 Å². The van der Waals surface area contributed by atoms with E-state index in [0.717, 1.165) is 0 Å². The Labute approximate surface area is 72.0 Å². The van der Waals surface area contributed by atoms with Crippen LogP contribution in [0.2, 0.25) is 0 Å². The zero-order chi connectivity index (χ0) is 9.23. The van der Waals surface area contributed by atoms with Crippen LogP contribution in [0.1, 0.15) is 20.8 Å². The smallest absolute Gasteiger partial charge is 0.191 e. The molecule has 5 heteroatoms. The van der Waals surface area contributed by atoms with E-state index in [1.54, 1.807) is 27.8 Å². The molecule has 4 nitrogen and oxygen atoms in total. The van der Waals surface area contributed by atoms with Crippen LogP contribution >= 0.6 is 0 Å². The molecule has 76 valence electrons. The van der Waals surface area contributed by atoms with Crippen LogP contribution in [0.15, 0.2) is 0 Å². The van der Waals surface area contributed by atoms with Crippen LogP contribution in [0.4, 0.5) is 0 Å². The van der Waals surface area contributed by atoms with Crippen molar-refractivity contribution in [2.45, 2.75) is 39.5 Å². The summed E-state index contributed by atoms with van der Waals surface area (Å²) in [6.07, 6.45) is -2.35. The molecule has 0 bridgehead atoms. The second-order valence-corrected chi connectivity index (χ2v) is 3.12. The van der Waals surface area contributed by atoms with Crippen LogP contribution in [0, 0.1) is 0 Å². The van der Waals surface area contributed by atoms with Crippen molar-refractivity contribution in [2.75, 3.05) is 7.05 Å². The third-order valence-electron chi connectivity index (χ3n) is 2.42. The van der Waals surface area contributed by atoms with Gasteiger partial charge < -0.3 is 20.0 Å². The summed E-state index contributed by atoms with van der Waals surface area (Å²) in [5, 5.41) is 27.8. The number of rotatable bonds is 3. The van der Waals surface area contributed by atoms with Crippen molar-refractivity contribution >= 4 is 0 Å². The first kappa shape index (κ1) is 14.3. The van der Waals surface area contributed by atoms with Gasteiger partial charge in [0.15, 0.2) is 18.7 Å². The van der Waals surface area contributed by atoms with Gasteiger partial charge in [-0.15, -0.1) is 0 Å². The van der Waals surface area contributed by atoms with Crippen molar-refractivity contribution in [2.24, 2.45) is 0 Å². The molecule has 0 fully saturated rings. The van der Waals surface area contributed by atoms with Crippen molar-refractivity contribution in [3.8, 4) is 0 Å². The van der Waals surface area contributed by atoms with Gasteiger partial charge in [-0.1, -0.05) is 0 Å². The normalized spacial score (nSPS) is 23.2. The van der Waals surface area contributed by atoms with Crippen LogP contribution < -0.4 is 4.70 Å². The van der Waals surface area contributed by atoms with E-state index in [4.69, 9.17) is 0 Å². The van der Waals surface area contributed by atoms with Crippen LogP contribution in [-0.2, 0) is 0 Å². The van der Waals surface area contributed by atoms with Crippen molar-refractivity contribution in [1.29, 1.82) is 0 Å². The summed E-state index contributed by atoms with van der Waals surface area (Å²) in [7, 11) is 1.60. The molecule has 0 aliphatic carbocycles. The predicted molar refractivity (Wildman–Crippen MR) is 41.2 cm³/mol. The molecule has 0 aromatic heterocycles. The standard InChI is InChI=1S/C7H18NO3.FH/c1-5(9)8(4,6(2)10)7(3)11;/h5-7,9-11H,1-4H3;1H/q+1;/p-1. The van der Waals surface area contributed by atoms with Gasteiger partial charge in [-0.3, -0.25) is 4.48 Å². The predicted octanol–water partition coefficient (Wildman–Crippen LogP) is -3.55. The minimum absolute atomic E-state index is 0. The fourth-order valence-corrected chi connectivity index (χ4v) is 0.937. The monoisotopic (exact) mass is 183 g/mol. The average Bonchev–Trinajstić information content (AvgIpc) is 1.84. The summed E-state index contributed by atoms with van der Waals surface area (Å²) in [6.45, 7) is 4.62. The number of nitrogens with zero attached hydrogens (tertiary/aromatic N) is 1. The molecule has 0 rings (SSSR count). The van der Waals surface area contributed by atoms with Gasteiger partial charge in [0.2, 0.25) is 0 Å². The summed E-state index contributed by atoms with van der Waals surface area (Å²) in [5.74, 6) is 0. The van der Waals surface area contributed by atoms with E-state index in [9.17, 15) is 15.3 Å². The fourth-order valence-electron chi connectivity index (χ4n) is 0.937. The maximum Gasteiger partial charge on any atom is 0.191 e. The number of quaternary nitrogens is 1. The van der Waals surface area contributed by atoms with E-state index < -0.39 is 18.7 Å². The molecule has 0 aromatic rings. The van der Waals surface area contributed by atoms with Gasteiger partial charge in [0.05, 0.1) is 7.05 Å². The highest BCUT2D eigenvalue weighted by Gasteiger charge is 2.37. The minimum atomic E-state index is -0.782. The Bertz CT molecular complexity index is 106. The molecule has 0 aromatic carbocycles. The van der Waals surface area contributed by atoms with E-state index in [2.05, 4.69) is 0 Å². The van der Waals surface area contributed by atoms with Gasteiger partial charge in [-0.25, -0.2) is 0 Å². The molecule has 3 unspecified atom stereocenters. The average molecular weight is 183 g/mol. The van der Waals surface area contributed by atoms with E-state index in [0.29, 0.717) is 0 Å². The number of hydrogen-bond acceptors (Lipinski definition) is 3. The zero-order valence-electron chi connectivity index (χ0n) is 7.90. The summed E-state index contributed by atoms with van der Waals surface area (Å²) in [5.41, 5.74) is 0. The van der Waals surface area contributed by atoms with Crippen LogP contribution in [0.25, 0.3) is 0 Å². The Morgan fingerprint density at radius 1 is 0.833 bits per heavy atom. The first-order valence-electron chi connectivity index (χ1n) is 3.73. The van der Waals surface area contributed by atoms with Crippen molar-refractivity contribution in [3.05, 3.63) is 0 Å². The Morgan fingerprint density at radius 2 is 1.00 bits per heavy atom. The molecule has 0 radical (unpaired) electrons. The lowest BCUT2D eigenvalue weighted by Gasteiger charge is -2.41. The van der Waals surface area contributed by atoms with Crippen LogP contribution in [0.5, 0.6) is 0 Å². The molecule has 3 atom stereocenters. The molecule has 0 saturated carbocycles. The topological polar surface area (TPSA) is 60.7 Å². The highest BCUT2D eigenvalue weighted by atomic mass is 19.0. The van der Waals surface area contributed by atoms with E-state index in [-0.39, 0.29) is 9.19 Å². The molecule has 0 amide bonds. The second kappa shape index (κ2) is 4.71. The summed E-state index contributed by atoms with van der Waals surface area (Å²) in [4.78, 5) is 0. The van der Waals surface area contributed by atoms with Crippen molar-refractivity contribution in [3.63, 3.8) is 0 Å². The second-order valence-electron chi connectivity index (χ2n) is 3.12. The molecule has 3 N–H and O–H groups in total. The summed E-state index contributed by atoms with van der Waals surface area (Å²) in [6, 6.07) is 0. The third-order valence-corrected chi connectivity index (χ3v) is 2.42. The molecule has 0 spiro atoms. The van der Waals surface area contributed by atoms with Crippen molar-refractivity contribution in [1.82, 2.24) is 0 Å². The Balaban J connectivity index is 0. The van der Waals surface area contributed by atoms with Gasteiger partial charge in [0, 0.05) is 20.8 Å². The molecule has 0 saturated heterocycles. The van der Waals surface area contributed by atoms with Gasteiger partial charge in [-0.05, 0) is 0 Å². The fraction of sp³-hybridized carbons (Fsp3) is 1.00. The zero-order valence-corrected chi connectivity index (χ0v) is 7.90. The first-order chi connectivity index (χ1) is 4.83. The van der Waals surface area contributed by atoms with Gasteiger partial charge in [0.25, 0.3) is 0 Å².